The number of rotatable bonds is 4. The number of amides is 1. The first kappa shape index (κ1) is 11.6. The maximum atomic E-state index is 11.4. The Morgan fingerprint density at radius 3 is 2.40 bits per heavy atom. The van der Waals surface area contributed by atoms with Crippen molar-refractivity contribution >= 4 is 11.6 Å². The minimum absolute atomic E-state index is 0.00318. The Balaban J connectivity index is 2.60. The molecule has 1 rings (SSSR count). The molecule has 0 spiro atoms. The Morgan fingerprint density at radius 1 is 1.33 bits per heavy atom. The van der Waals surface area contributed by atoms with Gasteiger partial charge in [0, 0.05) is 11.6 Å². The smallest absolute Gasteiger partial charge is 0.226 e. The Kier molecular flexibility index (Phi) is 4.16. The molecule has 15 heavy (non-hydrogen) atoms. The van der Waals surface area contributed by atoms with Crippen LogP contribution in [0.3, 0.4) is 0 Å². The number of carbonyl (C=O) groups excluding carboxylic acids is 1. The Bertz CT molecular complexity index is 317. The predicted molar refractivity (Wildman–Crippen MR) is 61.1 cm³/mol. The monoisotopic (exact) mass is 207 g/mol. The van der Waals surface area contributed by atoms with E-state index in [0.29, 0.717) is 6.61 Å². The predicted octanol–water partition coefficient (Wildman–Crippen LogP) is 2.68. The van der Waals surface area contributed by atoms with Crippen LogP contribution in [0.2, 0.25) is 0 Å². The molecular formula is C12H17NO2. The minimum atomic E-state index is -0.00318. The van der Waals surface area contributed by atoms with Gasteiger partial charge in [-0.1, -0.05) is 13.8 Å². The number of hydrogen-bond acceptors (Lipinski definition) is 2. The summed E-state index contributed by atoms with van der Waals surface area (Å²) in [6.07, 6.45) is 0. The lowest BCUT2D eigenvalue weighted by Gasteiger charge is -2.08. The highest BCUT2D eigenvalue weighted by molar-refractivity contribution is 5.92. The molecule has 0 unspecified atom stereocenters. The Hall–Kier alpha value is -1.51. The number of nitrogens with one attached hydrogen (secondary N) is 1. The molecule has 0 radical (unpaired) electrons. The molecule has 1 aromatic carbocycles. The van der Waals surface area contributed by atoms with Crippen molar-refractivity contribution in [2.45, 2.75) is 20.8 Å². The fourth-order valence-electron chi connectivity index (χ4n) is 1.09. The van der Waals surface area contributed by atoms with E-state index in [1.807, 2.05) is 45.0 Å². The van der Waals surface area contributed by atoms with Gasteiger partial charge in [-0.3, -0.25) is 4.79 Å². The molecule has 0 atom stereocenters. The molecule has 0 aromatic heterocycles. The highest BCUT2D eigenvalue weighted by atomic mass is 16.5. The fourth-order valence-corrected chi connectivity index (χ4v) is 1.09. The van der Waals surface area contributed by atoms with Gasteiger partial charge in [0.2, 0.25) is 5.91 Å². The van der Waals surface area contributed by atoms with E-state index in [0.717, 1.165) is 11.4 Å². The largest absolute Gasteiger partial charge is 0.494 e. The van der Waals surface area contributed by atoms with Gasteiger partial charge in [-0.2, -0.15) is 0 Å². The summed E-state index contributed by atoms with van der Waals surface area (Å²) in [6, 6.07) is 7.37. The van der Waals surface area contributed by atoms with Gasteiger partial charge in [0.15, 0.2) is 0 Å². The number of carbonyl (C=O) groups is 1. The summed E-state index contributed by atoms with van der Waals surface area (Å²) >= 11 is 0. The first-order valence-electron chi connectivity index (χ1n) is 5.17. The van der Waals surface area contributed by atoms with E-state index < -0.39 is 0 Å². The lowest BCUT2D eigenvalue weighted by Crippen LogP contribution is -2.17. The molecule has 1 N–H and O–H groups in total. The number of ether oxygens (including phenoxy) is 1. The lowest BCUT2D eigenvalue weighted by atomic mass is 10.2. The summed E-state index contributed by atoms with van der Waals surface area (Å²) in [5.74, 6) is 0.843. The van der Waals surface area contributed by atoms with Crippen LogP contribution in [0.5, 0.6) is 5.75 Å². The second kappa shape index (κ2) is 5.39. The Morgan fingerprint density at radius 2 is 1.93 bits per heavy atom. The molecule has 0 aliphatic carbocycles. The van der Waals surface area contributed by atoms with Crippen molar-refractivity contribution in [3.05, 3.63) is 24.3 Å². The highest BCUT2D eigenvalue weighted by Crippen LogP contribution is 2.16. The normalized spacial score (nSPS) is 10.1. The van der Waals surface area contributed by atoms with Crippen molar-refractivity contribution < 1.29 is 9.53 Å². The quantitative estimate of drug-likeness (QED) is 0.824. The number of anilines is 1. The topological polar surface area (TPSA) is 38.3 Å². The minimum Gasteiger partial charge on any atom is -0.494 e. The van der Waals surface area contributed by atoms with Crippen LogP contribution in [0.25, 0.3) is 0 Å². The summed E-state index contributed by atoms with van der Waals surface area (Å²) in [6.45, 7) is 6.32. The zero-order valence-corrected chi connectivity index (χ0v) is 9.41. The average Bonchev–Trinajstić information content (AvgIpc) is 2.21. The van der Waals surface area contributed by atoms with Gasteiger partial charge in [0.05, 0.1) is 6.61 Å². The highest BCUT2D eigenvalue weighted by Gasteiger charge is 2.06. The average molecular weight is 207 g/mol. The first-order chi connectivity index (χ1) is 7.13. The molecule has 3 heteroatoms. The van der Waals surface area contributed by atoms with Crippen molar-refractivity contribution in [2.24, 2.45) is 5.92 Å². The lowest BCUT2D eigenvalue weighted by molar-refractivity contribution is -0.118. The molecule has 0 fully saturated rings. The molecule has 0 saturated heterocycles. The Labute approximate surface area is 90.4 Å². The molecule has 82 valence electrons. The molecule has 3 nitrogen and oxygen atoms in total. The molecule has 1 amide bonds. The van der Waals surface area contributed by atoms with E-state index in [-0.39, 0.29) is 11.8 Å². The van der Waals surface area contributed by atoms with Crippen molar-refractivity contribution in [2.75, 3.05) is 11.9 Å². The van der Waals surface area contributed by atoms with Crippen molar-refractivity contribution in [1.29, 1.82) is 0 Å². The summed E-state index contributed by atoms with van der Waals surface area (Å²) < 4.78 is 5.30. The van der Waals surface area contributed by atoms with Crippen LogP contribution in [0.1, 0.15) is 20.8 Å². The van der Waals surface area contributed by atoms with Crippen molar-refractivity contribution in [3.8, 4) is 5.75 Å². The fraction of sp³-hybridized carbons (Fsp3) is 0.417. The van der Waals surface area contributed by atoms with E-state index in [1.54, 1.807) is 0 Å². The summed E-state index contributed by atoms with van der Waals surface area (Å²) in [5.41, 5.74) is 0.803. The number of benzene rings is 1. The SMILES string of the molecule is CCOc1ccc(NC(=O)C(C)C)cc1. The van der Waals surface area contributed by atoms with E-state index in [1.165, 1.54) is 0 Å². The second-order valence-electron chi connectivity index (χ2n) is 3.60. The molecule has 0 aliphatic rings. The van der Waals surface area contributed by atoms with Crippen LogP contribution in [-0.4, -0.2) is 12.5 Å². The van der Waals surface area contributed by atoms with Gasteiger partial charge in [-0.15, -0.1) is 0 Å². The zero-order valence-electron chi connectivity index (χ0n) is 9.41. The molecule has 0 heterocycles. The van der Waals surface area contributed by atoms with Crippen LogP contribution in [0, 0.1) is 5.92 Å². The molecule has 1 aromatic rings. The van der Waals surface area contributed by atoms with E-state index in [2.05, 4.69) is 5.32 Å². The summed E-state index contributed by atoms with van der Waals surface area (Å²) in [5, 5.41) is 2.82. The summed E-state index contributed by atoms with van der Waals surface area (Å²) in [7, 11) is 0. The third-order valence-electron chi connectivity index (χ3n) is 1.96. The molecule has 0 saturated carbocycles. The van der Waals surface area contributed by atoms with Crippen LogP contribution >= 0.6 is 0 Å². The van der Waals surface area contributed by atoms with Gasteiger partial charge in [-0.05, 0) is 31.2 Å². The maximum absolute atomic E-state index is 11.4. The molecule has 0 bridgehead atoms. The van der Waals surface area contributed by atoms with E-state index >= 15 is 0 Å². The van der Waals surface area contributed by atoms with Crippen LogP contribution in [0.15, 0.2) is 24.3 Å². The molecule has 0 aliphatic heterocycles. The van der Waals surface area contributed by atoms with E-state index in [9.17, 15) is 4.79 Å². The zero-order chi connectivity index (χ0) is 11.3. The van der Waals surface area contributed by atoms with Gasteiger partial charge in [0.25, 0.3) is 0 Å². The van der Waals surface area contributed by atoms with Crippen molar-refractivity contribution in [1.82, 2.24) is 0 Å². The van der Waals surface area contributed by atoms with Gasteiger partial charge in [0.1, 0.15) is 5.75 Å². The number of hydrogen-bond donors (Lipinski definition) is 1. The van der Waals surface area contributed by atoms with Crippen LogP contribution in [-0.2, 0) is 4.79 Å². The van der Waals surface area contributed by atoms with Gasteiger partial charge >= 0.3 is 0 Å². The summed E-state index contributed by atoms with van der Waals surface area (Å²) in [4.78, 5) is 11.4. The third kappa shape index (κ3) is 3.62. The molecular weight excluding hydrogens is 190 g/mol. The first-order valence-corrected chi connectivity index (χ1v) is 5.17. The van der Waals surface area contributed by atoms with Crippen LogP contribution in [0.4, 0.5) is 5.69 Å². The van der Waals surface area contributed by atoms with Gasteiger partial charge in [-0.25, -0.2) is 0 Å². The van der Waals surface area contributed by atoms with Crippen LogP contribution < -0.4 is 10.1 Å². The standard InChI is InChI=1S/C12H17NO2/c1-4-15-11-7-5-10(6-8-11)13-12(14)9(2)3/h5-9H,4H2,1-3H3,(H,13,14). The third-order valence-corrected chi connectivity index (χ3v) is 1.96. The van der Waals surface area contributed by atoms with E-state index in [4.69, 9.17) is 4.74 Å². The van der Waals surface area contributed by atoms with Gasteiger partial charge < -0.3 is 10.1 Å². The second-order valence-corrected chi connectivity index (χ2v) is 3.60. The van der Waals surface area contributed by atoms with Crippen molar-refractivity contribution in [3.63, 3.8) is 0 Å². The maximum Gasteiger partial charge on any atom is 0.226 e.